The number of anilines is 1. The van der Waals surface area contributed by atoms with Gasteiger partial charge in [0.1, 0.15) is 17.2 Å². The van der Waals surface area contributed by atoms with Gasteiger partial charge in [0.05, 0.1) is 19.7 Å². The third kappa shape index (κ3) is 5.27. The van der Waals surface area contributed by atoms with E-state index in [4.69, 9.17) is 14.2 Å². The number of piperidine rings is 1. The van der Waals surface area contributed by atoms with Crippen LogP contribution in [0.5, 0.6) is 5.75 Å². The number of ether oxygens (including phenoxy) is 3. The van der Waals surface area contributed by atoms with Gasteiger partial charge in [0, 0.05) is 42.3 Å². The van der Waals surface area contributed by atoms with Gasteiger partial charge in [-0.3, -0.25) is 9.47 Å². The highest BCUT2D eigenvalue weighted by Gasteiger charge is 2.49. The number of hydrogen-bond donors (Lipinski definition) is 1. The summed E-state index contributed by atoms with van der Waals surface area (Å²) in [5.41, 5.74) is 3.93. The zero-order valence-corrected chi connectivity index (χ0v) is 24.6. The number of carbonyl (C=O) groups excluding carboxylic acids is 2. The Morgan fingerprint density at radius 3 is 2.52 bits per heavy atom. The third-order valence-electron chi connectivity index (χ3n) is 8.27. The zero-order chi connectivity index (χ0) is 28.8. The summed E-state index contributed by atoms with van der Waals surface area (Å²) in [7, 11) is 4.89. The van der Waals surface area contributed by atoms with Crippen LogP contribution in [0.15, 0.2) is 30.5 Å². The number of likely N-dealkylation sites (tertiary alicyclic amines) is 1. The highest BCUT2D eigenvalue weighted by atomic mass is 16.6. The van der Waals surface area contributed by atoms with Crippen molar-refractivity contribution in [3.8, 4) is 5.75 Å². The lowest BCUT2D eigenvalue weighted by Gasteiger charge is -2.41. The van der Waals surface area contributed by atoms with Crippen LogP contribution in [-0.2, 0) is 16.0 Å². The number of fused-ring (bicyclic) bond motifs is 1. The molecule has 1 aliphatic heterocycles. The van der Waals surface area contributed by atoms with E-state index >= 15 is 0 Å². The minimum absolute atomic E-state index is 0.104. The average Bonchev–Trinajstić information content (AvgIpc) is 3.51. The highest BCUT2D eigenvalue weighted by Crippen LogP contribution is 2.59. The normalized spacial score (nSPS) is 18.5. The zero-order valence-electron chi connectivity index (χ0n) is 24.6. The molecular weight excluding hydrogens is 508 g/mol. The number of pyridine rings is 1. The Balaban J connectivity index is 1.55. The lowest BCUT2D eigenvalue weighted by molar-refractivity contribution is 0.0542. The van der Waals surface area contributed by atoms with E-state index in [0.717, 1.165) is 52.7 Å². The van der Waals surface area contributed by atoms with Gasteiger partial charge in [-0.2, -0.15) is 0 Å². The number of aryl methyl sites for hydroxylation is 1. The summed E-state index contributed by atoms with van der Waals surface area (Å²) in [6.07, 6.45) is 6.05. The Hall–Kier alpha value is -3.59. The van der Waals surface area contributed by atoms with Crippen LogP contribution in [0.25, 0.3) is 10.9 Å². The molecule has 1 aliphatic carbocycles. The van der Waals surface area contributed by atoms with E-state index in [1.165, 1.54) is 20.0 Å². The lowest BCUT2D eigenvalue weighted by atomic mass is 9.84. The number of benzene rings is 1. The number of esters is 1. The van der Waals surface area contributed by atoms with Gasteiger partial charge >= 0.3 is 12.1 Å². The summed E-state index contributed by atoms with van der Waals surface area (Å²) in [5, 5.41) is 4.19. The Kier molecular flexibility index (Phi) is 7.29. The van der Waals surface area contributed by atoms with Crippen LogP contribution in [0.2, 0.25) is 0 Å². The van der Waals surface area contributed by atoms with E-state index in [0.29, 0.717) is 17.8 Å². The Morgan fingerprint density at radius 1 is 1.15 bits per heavy atom. The molecular formula is C31H40N4O5. The molecule has 1 saturated carbocycles. The van der Waals surface area contributed by atoms with Gasteiger partial charge in [0.25, 0.3) is 0 Å². The molecule has 0 amide bonds. The second-order valence-electron chi connectivity index (χ2n) is 12.1. The third-order valence-corrected chi connectivity index (χ3v) is 8.27. The maximum absolute atomic E-state index is 13.1. The van der Waals surface area contributed by atoms with Crippen molar-refractivity contribution in [2.45, 2.75) is 71.6 Å². The molecule has 0 bridgehead atoms. The highest BCUT2D eigenvalue weighted by molar-refractivity contribution is 5.95. The number of rotatable bonds is 6. The van der Waals surface area contributed by atoms with E-state index in [1.807, 2.05) is 52.9 Å². The van der Waals surface area contributed by atoms with Gasteiger partial charge < -0.3 is 19.5 Å². The molecule has 3 heterocycles. The molecule has 3 aromatic rings. The monoisotopic (exact) mass is 548 g/mol. The van der Waals surface area contributed by atoms with Crippen molar-refractivity contribution in [1.82, 2.24) is 14.5 Å². The molecule has 214 valence electrons. The molecule has 5 rings (SSSR count). The summed E-state index contributed by atoms with van der Waals surface area (Å²) in [6.45, 7) is 9.16. The van der Waals surface area contributed by atoms with Gasteiger partial charge in [0.15, 0.2) is 5.69 Å². The number of carbonyl (C=O) groups is 2. The molecule has 1 spiro atoms. The Morgan fingerprint density at radius 2 is 1.90 bits per heavy atom. The smallest absolute Gasteiger partial charge is 0.419 e. The molecule has 9 heteroatoms. The van der Waals surface area contributed by atoms with Crippen LogP contribution in [-0.4, -0.2) is 59.9 Å². The quantitative estimate of drug-likeness (QED) is 0.370. The average molecular weight is 549 g/mol. The van der Waals surface area contributed by atoms with Crippen molar-refractivity contribution in [2.75, 3.05) is 33.1 Å². The summed E-state index contributed by atoms with van der Waals surface area (Å²) >= 11 is 0. The van der Waals surface area contributed by atoms with Crippen LogP contribution < -0.4 is 10.1 Å². The van der Waals surface area contributed by atoms with Crippen molar-refractivity contribution < 1.29 is 23.8 Å². The first kappa shape index (κ1) is 28.0. The van der Waals surface area contributed by atoms with Gasteiger partial charge in [-0.25, -0.2) is 14.6 Å². The standard InChI is InChI=1S/C31H40N4O5/c1-19-16-25(38-6)22(20-10-14-35(26(19)20)29(37)40-30(2,3)4)18-34-15-13-31(11-12-31)17-24(34)21-8-9-23(28(36)39-7)33-27(21)32-5/h8-10,14,16,24H,11-13,15,17-18H2,1-7H3,(H,32,33). The largest absolute Gasteiger partial charge is 0.496 e. The summed E-state index contributed by atoms with van der Waals surface area (Å²) < 4.78 is 18.1. The summed E-state index contributed by atoms with van der Waals surface area (Å²) in [4.78, 5) is 32.3. The van der Waals surface area contributed by atoms with Gasteiger partial charge in [-0.1, -0.05) is 6.07 Å². The molecule has 1 saturated heterocycles. The molecule has 40 heavy (non-hydrogen) atoms. The van der Waals surface area contributed by atoms with E-state index in [2.05, 4.69) is 15.2 Å². The number of hydrogen-bond acceptors (Lipinski definition) is 8. The second-order valence-corrected chi connectivity index (χ2v) is 12.1. The van der Waals surface area contributed by atoms with Crippen LogP contribution in [0, 0.1) is 12.3 Å². The van der Waals surface area contributed by atoms with Crippen LogP contribution in [0.1, 0.15) is 79.7 Å². The van der Waals surface area contributed by atoms with Crippen molar-refractivity contribution in [3.05, 3.63) is 52.8 Å². The van der Waals surface area contributed by atoms with Crippen LogP contribution in [0.3, 0.4) is 0 Å². The number of nitrogens with one attached hydrogen (secondary N) is 1. The molecule has 1 aromatic carbocycles. The van der Waals surface area contributed by atoms with Gasteiger partial charge in [-0.05, 0) is 89.1 Å². The minimum Gasteiger partial charge on any atom is -0.496 e. The summed E-state index contributed by atoms with van der Waals surface area (Å²) in [6, 6.07) is 7.85. The molecule has 2 aliphatic rings. The Labute approximate surface area is 235 Å². The first-order valence-electron chi connectivity index (χ1n) is 13.9. The van der Waals surface area contributed by atoms with Crippen molar-refractivity contribution in [3.63, 3.8) is 0 Å². The van der Waals surface area contributed by atoms with E-state index < -0.39 is 17.7 Å². The Bertz CT molecular complexity index is 1450. The first-order chi connectivity index (χ1) is 19.0. The number of nitrogens with zero attached hydrogens (tertiary/aromatic N) is 3. The minimum atomic E-state index is -0.598. The molecule has 0 radical (unpaired) electrons. The molecule has 2 aromatic heterocycles. The predicted molar refractivity (Wildman–Crippen MR) is 154 cm³/mol. The topological polar surface area (TPSA) is 94.9 Å². The fourth-order valence-electron chi connectivity index (χ4n) is 6.04. The molecule has 9 nitrogen and oxygen atoms in total. The first-order valence-corrected chi connectivity index (χ1v) is 13.9. The predicted octanol–water partition coefficient (Wildman–Crippen LogP) is 6.08. The van der Waals surface area contributed by atoms with Crippen molar-refractivity contribution >= 4 is 28.8 Å². The summed E-state index contributed by atoms with van der Waals surface area (Å²) in [5.74, 6) is 1.03. The van der Waals surface area contributed by atoms with Crippen LogP contribution >= 0.6 is 0 Å². The fraction of sp³-hybridized carbons (Fsp3) is 0.516. The lowest BCUT2D eigenvalue weighted by Crippen LogP contribution is -2.37. The van der Waals surface area contributed by atoms with Gasteiger partial charge in [0.2, 0.25) is 0 Å². The molecule has 2 fully saturated rings. The molecule has 1 N–H and O–H groups in total. The maximum Gasteiger partial charge on any atom is 0.419 e. The van der Waals surface area contributed by atoms with Crippen molar-refractivity contribution in [1.29, 1.82) is 0 Å². The van der Waals surface area contributed by atoms with Gasteiger partial charge in [-0.15, -0.1) is 0 Å². The van der Waals surface area contributed by atoms with Crippen LogP contribution in [0.4, 0.5) is 10.6 Å². The van der Waals surface area contributed by atoms with E-state index in [9.17, 15) is 9.59 Å². The fourth-order valence-corrected chi connectivity index (χ4v) is 6.04. The van der Waals surface area contributed by atoms with E-state index in [-0.39, 0.29) is 11.7 Å². The SMILES string of the molecule is CNc1nc(C(=O)OC)ccc1C1CC2(CCN1Cc1c(OC)cc(C)c3c1ccn3C(=O)OC(C)(C)C)CC2. The molecule has 1 unspecified atom stereocenters. The second kappa shape index (κ2) is 10.4. The molecule has 1 atom stereocenters. The van der Waals surface area contributed by atoms with E-state index in [1.54, 1.807) is 23.9 Å². The maximum atomic E-state index is 13.1. The number of methoxy groups -OCH3 is 2. The number of aromatic nitrogens is 2. The van der Waals surface area contributed by atoms with Crippen molar-refractivity contribution in [2.24, 2.45) is 5.41 Å².